The first kappa shape index (κ1) is 14.7. The van der Waals surface area contributed by atoms with Crippen molar-refractivity contribution in [3.05, 3.63) is 41.5 Å². The lowest BCUT2D eigenvalue weighted by molar-refractivity contribution is -0.143. The largest absolute Gasteiger partial charge is 0.437 e. The van der Waals surface area contributed by atoms with Crippen molar-refractivity contribution in [3.8, 4) is 0 Å². The standard InChI is InChI=1S/C14H14F3N3O2/c1-2-10-11-4-3-5-19(11)6-7-20(10)13(21)9-8-22-18-12(9)14(15,16)17/h3-5,8,10H,2,6-7H2,1H3. The van der Waals surface area contributed by atoms with Gasteiger partial charge in [-0.25, -0.2) is 0 Å². The number of fused-ring (bicyclic) bond motifs is 1. The average molecular weight is 313 g/mol. The molecule has 0 radical (unpaired) electrons. The molecule has 0 fully saturated rings. The Balaban J connectivity index is 1.95. The van der Waals surface area contributed by atoms with E-state index in [4.69, 9.17) is 0 Å². The molecule has 1 aliphatic rings. The second kappa shape index (κ2) is 5.19. The van der Waals surface area contributed by atoms with Crippen LogP contribution in [-0.2, 0) is 12.7 Å². The van der Waals surface area contributed by atoms with Crippen molar-refractivity contribution < 1.29 is 22.5 Å². The van der Waals surface area contributed by atoms with Crippen molar-refractivity contribution in [2.24, 2.45) is 0 Å². The molecule has 0 bridgehead atoms. The molecule has 0 saturated heterocycles. The summed E-state index contributed by atoms with van der Waals surface area (Å²) in [6.07, 6.45) is -1.43. The van der Waals surface area contributed by atoms with Crippen molar-refractivity contribution in [2.45, 2.75) is 32.1 Å². The molecule has 0 aromatic carbocycles. The molecule has 2 aromatic rings. The monoisotopic (exact) mass is 313 g/mol. The van der Waals surface area contributed by atoms with E-state index in [1.165, 1.54) is 4.90 Å². The molecule has 1 unspecified atom stereocenters. The number of hydrogen-bond acceptors (Lipinski definition) is 3. The zero-order valence-corrected chi connectivity index (χ0v) is 11.8. The molecule has 1 aliphatic heterocycles. The Kier molecular flexibility index (Phi) is 3.46. The number of alkyl halides is 3. The summed E-state index contributed by atoms with van der Waals surface area (Å²) in [4.78, 5) is 14.0. The van der Waals surface area contributed by atoms with Crippen molar-refractivity contribution in [3.63, 3.8) is 0 Å². The molecule has 1 amide bonds. The van der Waals surface area contributed by atoms with Gasteiger partial charge in [-0.2, -0.15) is 13.2 Å². The minimum atomic E-state index is -4.71. The summed E-state index contributed by atoms with van der Waals surface area (Å²) >= 11 is 0. The van der Waals surface area contributed by atoms with E-state index >= 15 is 0 Å². The van der Waals surface area contributed by atoms with Gasteiger partial charge in [-0.15, -0.1) is 0 Å². The van der Waals surface area contributed by atoms with Crippen LogP contribution in [0.4, 0.5) is 13.2 Å². The van der Waals surface area contributed by atoms with E-state index in [2.05, 4.69) is 9.68 Å². The molecule has 5 nitrogen and oxygen atoms in total. The van der Waals surface area contributed by atoms with E-state index in [0.29, 0.717) is 19.5 Å². The van der Waals surface area contributed by atoms with Crippen LogP contribution in [0.2, 0.25) is 0 Å². The van der Waals surface area contributed by atoms with Crippen LogP contribution < -0.4 is 0 Å². The molecule has 0 N–H and O–H groups in total. The van der Waals surface area contributed by atoms with E-state index < -0.39 is 23.3 Å². The number of amides is 1. The molecule has 118 valence electrons. The first-order valence-corrected chi connectivity index (χ1v) is 6.91. The maximum Gasteiger partial charge on any atom is 0.437 e. The maximum atomic E-state index is 12.9. The van der Waals surface area contributed by atoms with Gasteiger partial charge in [0.15, 0.2) is 5.69 Å². The minimum Gasteiger partial charge on any atom is -0.363 e. The van der Waals surface area contributed by atoms with Gasteiger partial charge in [-0.1, -0.05) is 12.1 Å². The van der Waals surface area contributed by atoms with Gasteiger partial charge in [0.05, 0.1) is 6.04 Å². The van der Waals surface area contributed by atoms with Gasteiger partial charge in [0.1, 0.15) is 11.8 Å². The summed E-state index contributed by atoms with van der Waals surface area (Å²) in [5, 5.41) is 2.94. The van der Waals surface area contributed by atoms with E-state index in [-0.39, 0.29) is 6.04 Å². The second-order valence-corrected chi connectivity index (χ2v) is 5.12. The van der Waals surface area contributed by atoms with Crippen LogP contribution in [0.3, 0.4) is 0 Å². The molecule has 0 spiro atoms. The van der Waals surface area contributed by atoms with Gasteiger partial charge in [-0.05, 0) is 18.6 Å². The molecular formula is C14H14F3N3O2. The smallest absolute Gasteiger partial charge is 0.363 e. The summed E-state index contributed by atoms with van der Waals surface area (Å²) in [6.45, 7) is 2.80. The molecular weight excluding hydrogens is 299 g/mol. The number of carbonyl (C=O) groups excluding carboxylic acids is 1. The van der Waals surface area contributed by atoms with Crippen LogP contribution in [0, 0.1) is 0 Å². The van der Waals surface area contributed by atoms with Crippen LogP contribution in [-0.4, -0.2) is 27.1 Å². The molecule has 22 heavy (non-hydrogen) atoms. The SMILES string of the molecule is CCC1c2cccn2CCN1C(=O)c1conc1C(F)(F)F. The molecule has 8 heteroatoms. The van der Waals surface area contributed by atoms with Crippen LogP contribution in [0.5, 0.6) is 0 Å². The highest BCUT2D eigenvalue weighted by atomic mass is 19.4. The molecule has 3 heterocycles. The van der Waals surface area contributed by atoms with Crippen molar-refractivity contribution in [2.75, 3.05) is 6.54 Å². The number of nitrogens with zero attached hydrogens (tertiary/aromatic N) is 3. The summed E-state index contributed by atoms with van der Waals surface area (Å²) in [7, 11) is 0. The second-order valence-electron chi connectivity index (χ2n) is 5.12. The van der Waals surface area contributed by atoms with Gasteiger partial charge < -0.3 is 14.0 Å². The Morgan fingerprint density at radius 1 is 1.45 bits per heavy atom. The van der Waals surface area contributed by atoms with Crippen LogP contribution in [0.1, 0.15) is 41.1 Å². The molecule has 3 rings (SSSR count). The highest BCUT2D eigenvalue weighted by Gasteiger charge is 2.42. The van der Waals surface area contributed by atoms with E-state index in [9.17, 15) is 18.0 Å². The minimum absolute atomic E-state index is 0.257. The fourth-order valence-electron chi connectivity index (χ4n) is 2.88. The predicted octanol–water partition coefficient (Wildman–Crippen LogP) is 3.10. The summed E-state index contributed by atoms with van der Waals surface area (Å²) < 4.78 is 45.0. The van der Waals surface area contributed by atoms with Gasteiger partial charge in [0.25, 0.3) is 5.91 Å². The third-order valence-corrected chi connectivity index (χ3v) is 3.88. The number of hydrogen-bond donors (Lipinski definition) is 0. The topological polar surface area (TPSA) is 51.3 Å². The quantitative estimate of drug-likeness (QED) is 0.856. The summed E-state index contributed by atoms with van der Waals surface area (Å²) in [6, 6.07) is 3.49. The lowest BCUT2D eigenvalue weighted by atomic mass is 10.0. The Hall–Kier alpha value is -2.25. The zero-order valence-electron chi connectivity index (χ0n) is 11.8. The van der Waals surface area contributed by atoms with Crippen molar-refractivity contribution >= 4 is 5.91 Å². The van der Waals surface area contributed by atoms with Crippen LogP contribution in [0.15, 0.2) is 29.1 Å². The van der Waals surface area contributed by atoms with E-state index in [0.717, 1.165) is 12.0 Å². The van der Waals surface area contributed by atoms with Gasteiger partial charge >= 0.3 is 6.18 Å². The summed E-state index contributed by atoms with van der Waals surface area (Å²) in [5.74, 6) is -0.701. The first-order chi connectivity index (χ1) is 10.4. The Labute approximate surface area is 124 Å². The van der Waals surface area contributed by atoms with Gasteiger partial charge in [0, 0.05) is 25.0 Å². The normalized spacial score (nSPS) is 18.4. The first-order valence-electron chi connectivity index (χ1n) is 6.91. The van der Waals surface area contributed by atoms with E-state index in [1.54, 1.807) is 0 Å². The lowest BCUT2D eigenvalue weighted by Crippen LogP contribution is -2.42. The average Bonchev–Trinajstić information content (AvgIpc) is 3.12. The lowest BCUT2D eigenvalue weighted by Gasteiger charge is -2.36. The number of rotatable bonds is 2. The highest BCUT2D eigenvalue weighted by Crippen LogP contribution is 2.34. The Morgan fingerprint density at radius 3 is 2.91 bits per heavy atom. The third kappa shape index (κ3) is 2.28. The van der Waals surface area contributed by atoms with Crippen molar-refractivity contribution in [1.82, 2.24) is 14.6 Å². The van der Waals surface area contributed by atoms with Gasteiger partial charge in [0.2, 0.25) is 0 Å². The number of halogens is 3. The third-order valence-electron chi connectivity index (χ3n) is 3.88. The van der Waals surface area contributed by atoms with Crippen LogP contribution in [0.25, 0.3) is 0 Å². The van der Waals surface area contributed by atoms with Crippen molar-refractivity contribution in [1.29, 1.82) is 0 Å². The molecule has 0 saturated carbocycles. The Bertz CT molecular complexity index is 690. The highest BCUT2D eigenvalue weighted by molar-refractivity contribution is 5.95. The fourth-order valence-corrected chi connectivity index (χ4v) is 2.88. The van der Waals surface area contributed by atoms with Gasteiger partial charge in [-0.3, -0.25) is 4.79 Å². The molecule has 1 atom stereocenters. The fraction of sp³-hybridized carbons (Fsp3) is 0.429. The molecule has 2 aromatic heterocycles. The Morgan fingerprint density at radius 2 is 2.23 bits per heavy atom. The number of aromatic nitrogens is 2. The predicted molar refractivity (Wildman–Crippen MR) is 70.0 cm³/mol. The van der Waals surface area contributed by atoms with E-state index in [1.807, 2.05) is 29.8 Å². The summed E-state index contributed by atoms with van der Waals surface area (Å²) in [5.41, 5.74) is -0.883. The number of carbonyl (C=O) groups is 1. The molecule has 0 aliphatic carbocycles. The zero-order chi connectivity index (χ0) is 15.9. The van der Waals surface area contributed by atoms with Crippen LogP contribution >= 0.6 is 0 Å². The maximum absolute atomic E-state index is 12.9.